The molecule has 0 aliphatic carbocycles. The molecule has 7 nitrogen and oxygen atoms in total. The van der Waals surface area contributed by atoms with Crippen LogP contribution in [-0.4, -0.2) is 40.7 Å². The molecule has 28 heavy (non-hydrogen) atoms. The van der Waals surface area contributed by atoms with Crippen molar-refractivity contribution in [1.29, 1.82) is 0 Å². The van der Waals surface area contributed by atoms with Gasteiger partial charge in [-0.2, -0.15) is 0 Å². The Balaban J connectivity index is 1.45. The number of hydrogen-bond donors (Lipinski definition) is 4. The maximum absolute atomic E-state index is 12.7. The first-order valence-corrected chi connectivity index (χ1v) is 9.43. The van der Waals surface area contributed by atoms with Crippen molar-refractivity contribution in [3.05, 3.63) is 65.7 Å². The van der Waals surface area contributed by atoms with E-state index >= 15 is 0 Å². The summed E-state index contributed by atoms with van der Waals surface area (Å²) in [7, 11) is 0. The second-order valence-electron chi connectivity index (χ2n) is 7.42. The van der Waals surface area contributed by atoms with Gasteiger partial charge in [0.25, 0.3) is 0 Å². The van der Waals surface area contributed by atoms with E-state index in [1.54, 1.807) is 12.1 Å². The first kappa shape index (κ1) is 18.6. The van der Waals surface area contributed by atoms with E-state index in [2.05, 4.69) is 16.1 Å². The first-order valence-electron chi connectivity index (χ1n) is 9.43. The molecule has 7 heteroatoms. The monoisotopic (exact) mass is 380 g/mol. The number of nitrogens with one attached hydrogen (secondary N) is 3. The highest BCUT2D eigenvalue weighted by Gasteiger charge is 2.51. The van der Waals surface area contributed by atoms with Crippen molar-refractivity contribution in [2.45, 2.75) is 25.7 Å². The summed E-state index contributed by atoms with van der Waals surface area (Å²) in [5.74, 6) is -2.36. The average molecular weight is 380 g/mol. The number of amides is 2. The van der Waals surface area contributed by atoms with E-state index in [9.17, 15) is 14.7 Å². The van der Waals surface area contributed by atoms with Crippen molar-refractivity contribution < 1.29 is 14.7 Å². The highest BCUT2D eigenvalue weighted by atomic mass is 16.3. The zero-order valence-corrected chi connectivity index (χ0v) is 15.6. The molecule has 0 bridgehead atoms. The van der Waals surface area contributed by atoms with Gasteiger partial charge in [0.15, 0.2) is 0 Å². The van der Waals surface area contributed by atoms with Crippen LogP contribution in [0.3, 0.4) is 0 Å². The van der Waals surface area contributed by atoms with Crippen LogP contribution < -0.4 is 16.1 Å². The molecule has 4 N–H and O–H groups in total. The van der Waals surface area contributed by atoms with E-state index in [0.29, 0.717) is 18.8 Å². The van der Waals surface area contributed by atoms with Gasteiger partial charge in [0.05, 0.1) is 6.10 Å². The highest BCUT2D eigenvalue weighted by Crippen LogP contribution is 2.29. The number of nitrogens with zero attached hydrogens (tertiary/aromatic N) is 1. The maximum Gasteiger partial charge on any atom is 0.239 e. The SMILES string of the molecule is Cc1ccc(NC(=O)C2C(=O)NC3C(CNN3Cc3ccccc3)C2O)cc1. The van der Waals surface area contributed by atoms with Gasteiger partial charge in [0, 0.05) is 24.7 Å². The summed E-state index contributed by atoms with van der Waals surface area (Å²) < 4.78 is 0. The molecule has 2 saturated heterocycles. The van der Waals surface area contributed by atoms with E-state index in [0.717, 1.165) is 11.1 Å². The number of hydrogen-bond acceptors (Lipinski definition) is 5. The van der Waals surface area contributed by atoms with E-state index in [1.807, 2.05) is 54.4 Å². The van der Waals surface area contributed by atoms with Crippen molar-refractivity contribution in [2.75, 3.05) is 11.9 Å². The van der Waals surface area contributed by atoms with Crippen LogP contribution in [-0.2, 0) is 16.1 Å². The number of benzene rings is 2. The molecule has 0 radical (unpaired) electrons. The van der Waals surface area contributed by atoms with Crippen LogP contribution in [0, 0.1) is 18.8 Å². The van der Waals surface area contributed by atoms with E-state index in [1.165, 1.54) is 0 Å². The molecule has 4 rings (SSSR count). The fourth-order valence-corrected chi connectivity index (χ4v) is 3.86. The van der Waals surface area contributed by atoms with Crippen molar-refractivity contribution in [2.24, 2.45) is 11.8 Å². The molecule has 2 heterocycles. The third kappa shape index (κ3) is 3.64. The van der Waals surface area contributed by atoms with Crippen LogP contribution in [0.1, 0.15) is 11.1 Å². The van der Waals surface area contributed by atoms with Crippen molar-refractivity contribution in [3.63, 3.8) is 0 Å². The Kier molecular flexibility index (Phi) is 5.13. The fourth-order valence-electron chi connectivity index (χ4n) is 3.86. The van der Waals surface area contributed by atoms with E-state index in [-0.39, 0.29) is 12.1 Å². The molecule has 4 unspecified atom stereocenters. The third-order valence-corrected chi connectivity index (χ3v) is 5.42. The fraction of sp³-hybridized carbons (Fsp3) is 0.333. The molecule has 2 aromatic rings. The molecular weight excluding hydrogens is 356 g/mol. The summed E-state index contributed by atoms with van der Waals surface area (Å²) in [6.07, 6.45) is -1.41. The van der Waals surface area contributed by atoms with Gasteiger partial charge >= 0.3 is 0 Å². The molecule has 0 aromatic heterocycles. The molecule has 146 valence electrons. The minimum absolute atomic E-state index is 0.268. The maximum atomic E-state index is 12.7. The summed E-state index contributed by atoms with van der Waals surface area (Å²) in [5, 5.41) is 18.4. The molecule has 0 saturated carbocycles. The van der Waals surface area contributed by atoms with Crippen LogP contribution in [0.4, 0.5) is 5.69 Å². The van der Waals surface area contributed by atoms with Crippen LogP contribution in [0.2, 0.25) is 0 Å². The Bertz CT molecular complexity index is 856. The lowest BCUT2D eigenvalue weighted by atomic mass is 9.84. The summed E-state index contributed by atoms with van der Waals surface area (Å²) in [5.41, 5.74) is 6.02. The molecule has 4 atom stereocenters. The summed E-state index contributed by atoms with van der Waals surface area (Å²) in [6, 6.07) is 17.2. The summed E-state index contributed by atoms with van der Waals surface area (Å²) in [6.45, 7) is 3.04. The quantitative estimate of drug-likeness (QED) is 0.594. The summed E-state index contributed by atoms with van der Waals surface area (Å²) in [4.78, 5) is 25.3. The van der Waals surface area contributed by atoms with Crippen LogP contribution in [0.25, 0.3) is 0 Å². The number of hydrazine groups is 1. The lowest BCUT2D eigenvalue weighted by Crippen LogP contribution is -2.62. The predicted octanol–water partition coefficient (Wildman–Crippen LogP) is 1.00. The molecule has 2 fully saturated rings. The minimum atomic E-state index is -1.14. The van der Waals surface area contributed by atoms with Gasteiger partial charge in [-0.25, -0.2) is 5.01 Å². The first-order chi connectivity index (χ1) is 13.5. The molecule has 2 aliphatic rings. The number of carbonyl (C=O) groups is 2. The lowest BCUT2D eigenvalue weighted by molar-refractivity contribution is -0.146. The number of aliphatic hydroxyl groups excluding tert-OH is 1. The molecule has 2 aromatic carbocycles. The van der Waals surface area contributed by atoms with Gasteiger partial charge in [-0.05, 0) is 24.6 Å². The standard InChI is InChI=1S/C21H24N4O3/c1-13-7-9-15(10-8-13)23-20(27)17-18(26)16-11-22-25(19(16)24-21(17)28)12-14-5-3-2-4-6-14/h2-10,16-19,22,26H,11-12H2,1H3,(H,23,27)(H,24,28). The zero-order chi connectivity index (χ0) is 19.7. The molecular formula is C21H24N4O3. The van der Waals surface area contributed by atoms with E-state index in [4.69, 9.17) is 0 Å². The predicted molar refractivity (Wildman–Crippen MR) is 105 cm³/mol. The smallest absolute Gasteiger partial charge is 0.239 e. The Morgan fingerprint density at radius 1 is 1.18 bits per heavy atom. The van der Waals surface area contributed by atoms with Crippen molar-refractivity contribution in [1.82, 2.24) is 15.8 Å². The van der Waals surface area contributed by atoms with Gasteiger partial charge < -0.3 is 15.7 Å². The Morgan fingerprint density at radius 2 is 1.89 bits per heavy atom. The Labute approximate surface area is 163 Å². The lowest BCUT2D eigenvalue weighted by Gasteiger charge is -2.38. The third-order valence-electron chi connectivity index (χ3n) is 5.42. The number of rotatable bonds is 4. The van der Waals surface area contributed by atoms with Crippen LogP contribution in [0.5, 0.6) is 0 Å². The second kappa shape index (κ2) is 7.71. The number of fused-ring (bicyclic) bond motifs is 1. The molecule has 2 aliphatic heterocycles. The van der Waals surface area contributed by atoms with Gasteiger partial charge in [-0.15, -0.1) is 0 Å². The van der Waals surface area contributed by atoms with Gasteiger partial charge in [-0.1, -0.05) is 48.0 Å². The molecule has 2 amide bonds. The minimum Gasteiger partial charge on any atom is -0.391 e. The van der Waals surface area contributed by atoms with Gasteiger partial charge in [-0.3, -0.25) is 15.0 Å². The van der Waals surface area contributed by atoms with Crippen molar-refractivity contribution in [3.8, 4) is 0 Å². The number of anilines is 1. The number of carbonyl (C=O) groups excluding carboxylic acids is 2. The van der Waals surface area contributed by atoms with Crippen LogP contribution in [0.15, 0.2) is 54.6 Å². The Morgan fingerprint density at radius 3 is 2.61 bits per heavy atom. The largest absolute Gasteiger partial charge is 0.391 e. The Hall–Kier alpha value is -2.74. The number of piperidine rings is 1. The molecule has 0 spiro atoms. The zero-order valence-electron chi connectivity index (χ0n) is 15.6. The van der Waals surface area contributed by atoms with Crippen LogP contribution >= 0.6 is 0 Å². The second-order valence-corrected chi connectivity index (χ2v) is 7.42. The van der Waals surface area contributed by atoms with Gasteiger partial charge in [0.1, 0.15) is 12.1 Å². The van der Waals surface area contributed by atoms with Crippen molar-refractivity contribution >= 4 is 17.5 Å². The average Bonchev–Trinajstić information content (AvgIpc) is 3.07. The topological polar surface area (TPSA) is 93.7 Å². The number of aliphatic hydroxyl groups is 1. The number of aryl methyl sites for hydroxylation is 1. The summed E-state index contributed by atoms with van der Waals surface area (Å²) >= 11 is 0. The normalized spacial score (nSPS) is 27.1. The van der Waals surface area contributed by atoms with Gasteiger partial charge in [0.2, 0.25) is 11.8 Å². The van der Waals surface area contributed by atoms with E-state index < -0.39 is 23.8 Å². The highest BCUT2D eigenvalue weighted by molar-refractivity contribution is 6.07.